The van der Waals surface area contributed by atoms with Crippen LogP contribution in [0.25, 0.3) is 0 Å². The van der Waals surface area contributed by atoms with E-state index in [1.807, 2.05) is 83.7 Å². The van der Waals surface area contributed by atoms with Gasteiger partial charge in [0.05, 0.1) is 12.3 Å². The van der Waals surface area contributed by atoms with Crippen molar-refractivity contribution < 1.29 is 14.2 Å². The number of ether oxygens (including phenoxy) is 2. The van der Waals surface area contributed by atoms with Gasteiger partial charge < -0.3 is 9.47 Å². The minimum atomic E-state index is 0.236. The second-order valence-corrected chi connectivity index (χ2v) is 5.89. The molecule has 1 atom stereocenters. The average Bonchev–Trinajstić information content (AvgIpc) is 3.09. The molecule has 2 heterocycles. The Labute approximate surface area is 151 Å². The van der Waals surface area contributed by atoms with Gasteiger partial charge in [0.2, 0.25) is 17.6 Å². The zero-order valence-electron chi connectivity index (χ0n) is 14.3. The van der Waals surface area contributed by atoms with Gasteiger partial charge in [-0.1, -0.05) is 22.9 Å². The van der Waals surface area contributed by atoms with E-state index in [2.05, 4.69) is 17.0 Å². The zero-order chi connectivity index (χ0) is 17.8. The molecule has 3 aromatic rings. The fourth-order valence-corrected chi connectivity index (χ4v) is 2.68. The van der Waals surface area contributed by atoms with Crippen molar-refractivity contribution in [2.45, 2.75) is 13.0 Å². The number of benzene rings is 2. The molecule has 5 nitrogen and oxygen atoms in total. The molecule has 0 amide bonds. The third kappa shape index (κ3) is 3.62. The number of nitrogens with zero attached hydrogens (tertiary/aromatic N) is 3. The highest BCUT2D eigenvalue weighted by Gasteiger charge is 2.22. The first-order valence-corrected chi connectivity index (χ1v) is 8.41. The van der Waals surface area contributed by atoms with E-state index in [0.29, 0.717) is 17.4 Å². The second kappa shape index (κ2) is 7.19. The molecule has 26 heavy (non-hydrogen) atoms. The molecule has 0 saturated carbocycles. The topological polar surface area (TPSA) is 46.7 Å². The Morgan fingerprint density at radius 1 is 0.846 bits per heavy atom. The maximum Gasteiger partial charge on any atom is 0.236 e. The fraction of sp³-hybridized carbons (Fsp3) is 0.0952. The van der Waals surface area contributed by atoms with Crippen LogP contribution >= 0.6 is 0 Å². The second-order valence-electron chi connectivity index (χ2n) is 5.89. The van der Waals surface area contributed by atoms with Crippen molar-refractivity contribution in [2.24, 2.45) is 5.11 Å². The summed E-state index contributed by atoms with van der Waals surface area (Å²) in [6.07, 6.45) is 5.56. The maximum atomic E-state index is 6.00. The lowest BCUT2D eigenvalue weighted by atomic mass is 10.2. The smallest absolute Gasteiger partial charge is 0.236 e. The highest BCUT2D eigenvalue weighted by Crippen LogP contribution is 2.30. The summed E-state index contributed by atoms with van der Waals surface area (Å²) in [4.78, 5) is 4.17. The molecule has 0 fully saturated rings. The van der Waals surface area contributed by atoms with Gasteiger partial charge in [0.1, 0.15) is 17.2 Å². The predicted molar refractivity (Wildman–Crippen MR) is 98.2 cm³/mol. The largest absolute Gasteiger partial charge is 0.457 e. The molecule has 2 aromatic carbocycles. The molecule has 0 N–H and O–H groups in total. The number of hydrogen-bond donors (Lipinski definition) is 0. The summed E-state index contributed by atoms with van der Waals surface area (Å²) in [5, 5.41) is 4.37. The van der Waals surface area contributed by atoms with Crippen molar-refractivity contribution in [2.75, 3.05) is 0 Å². The molecule has 1 unspecified atom stereocenters. The molecule has 0 radical (unpaired) electrons. The summed E-state index contributed by atoms with van der Waals surface area (Å²) in [5.74, 6) is 2.65. The quantitative estimate of drug-likeness (QED) is 0.560. The molecule has 1 aliphatic rings. The molecule has 1 aliphatic heterocycles. The Bertz CT molecular complexity index is 968. The van der Waals surface area contributed by atoms with E-state index < -0.39 is 0 Å². The van der Waals surface area contributed by atoms with Crippen molar-refractivity contribution in [3.8, 4) is 23.1 Å². The standard InChI is InChI=1S/C21H18N3O2/c1-16-11-13-23-24(16)17-6-4-7-18(14-17)25-19-8-5-9-20(15-19)26-21-10-2-3-12-22-21/h2-16H,1H3/q+1. The number of aromatic nitrogens is 1. The van der Waals surface area contributed by atoms with Crippen LogP contribution in [-0.2, 0) is 0 Å². The van der Waals surface area contributed by atoms with Gasteiger partial charge in [-0.3, -0.25) is 0 Å². The highest BCUT2D eigenvalue weighted by molar-refractivity contribution is 5.42. The van der Waals surface area contributed by atoms with Crippen LogP contribution in [0.15, 0.2) is 90.3 Å². The average molecular weight is 344 g/mol. The molecule has 0 aliphatic carbocycles. The van der Waals surface area contributed by atoms with Crippen LogP contribution in [0.4, 0.5) is 5.69 Å². The van der Waals surface area contributed by atoms with Crippen LogP contribution in [0.3, 0.4) is 0 Å². The van der Waals surface area contributed by atoms with Gasteiger partial charge in [-0.2, -0.15) is 0 Å². The SMILES string of the molecule is CC1C=CN=[N+]1c1cccc(Oc2cccc(Oc3ccccn3)c2)c1. The number of rotatable bonds is 5. The molecule has 128 valence electrons. The van der Waals surface area contributed by atoms with Crippen molar-refractivity contribution in [3.63, 3.8) is 0 Å². The van der Waals surface area contributed by atoms with Gasteiger partial charge >= 0.3 is 0 Å². The fourth-order valence-electron chi connectivity index (χ4n) is 2.68. The molecule has 0 spiro atoms. The molecule has 4 rings (SSSR count). The minimum Gasteiger partial charge on any atom is -0.457 e. The summed E-state index contributed by atoms with van der Waals surface area (Å²) in [6.45, 7) is 2.10. The summed E-state index contributed by atoms with van der Waals surface area (Å²) in [7, 11) is 0. The predicted octanol–water partition coefficient (Wildman–Crippen LogP) is 5.68. The molecule has 0 bridgehead atoms. The van der Waals surface area contributed by atoms with Crippen molar-refractivity contribution in [1.29, 1.82) is 0 Å². The Balaban J connectivity index is 1.52. The van der Waals surface area contributed by atoms with Crippen LogP contribution in [0.5, 0.6) is 23.1 Å². The van der Waals surface area contributed by atoms with E-state index in [-0.39, 0.29) is 6.04 Å². The Kier molecular flexibility index (Phi) is 4.43. The molecular formula is C21H18N3O2+. The van der Waals surface area contributed by atoms with Crippen molar-refractivity contribution >= 4 is 5.69 Å². The lowest BCUT2D eigenvalue weighted by Crippen LogP contribution is -2.10. The molecule has 5 heteroatoms. The summed E-state index contributed by atoms with van der Waals surface area (Å²) in [5.41, 5.74) is 0.987. The van der Waals surface area contributed by atoms with Gasteiger partial charge in [-0.15, -0.1) is 0 Å². The summed E-state index contributed by atoms with van der Waals surface area (Å²) >= 11 is 0. The lowest BCUT2D eigenvalue weighted by Gasteiger charge is -2.09. The number of pyridine rings is 1. The summed E-state index contributed by atoms with van der Waals surface area (Å²) < 4.78 is 13.7. The third-order valence-electron chi connectivity index (χ3n) is 3.92. The van der Waals surface area contributed by atoms with Crippen molar-refractivity contribution in [1.82, 2.24) is 4.98 Å². The Morgan fingerprint density at radius 3 is 2.35 bits per heavy atom. The van der Waals surface area contributed by atoms with Crippen LogP contribution < -0.4 is 9.47 Å². The van der Waals surface area contributed by atoms with E-state index >= 15 is 0 Å². The van der Waals surface area contributed by atoms with E-state index in [1.165, 1.54) is 0 Å². The highest BCUT2D eigenvalue weighted by atomic mass is 16.5. The maximum absolute atomic E-state index is 6.00. The first kappa shape index (κ1) is 16.0. The Hall–Kier alpha value is -3.47. The summed E-state index contributed by atoms with van der Waals surface area (Å²) in [6, 6.07) is 21.1. The number of azo groups is 2. The van der Waals surface area contributed by atoms with Gasteiger partial charge in [-0.25, -0.2) is 4.98 Å². The molecule has 1 aromatic heterocycles. The van der Waals surface area contributed by atoms with Gasteiger partial charge in [0, 0.05) is 37.4 Å². The van der Waals surface area contributed by atoms with E-state index in [4.69, 9.17) is 9.47 Å². The molecular weight excluding hydrogens is 326 g/mol. The third-order valence-corrected chi connectivity index (χ3v) is 3.92. The van der Waals surface area contributed by atoms with Crippen LogP contribution in [0.2, 0.25) is 0 Å². The van der Waals surface area contributed by atoms with Crippen molar-refractivity contribution in [3.05, 3.63) is 85.2 Å². The van der Waals surface area contributed by atoms with Gasteiger partial charge in [0.25, 0.3) is 0 Å². The Morgan fingerprint density at radius 2 is 1.62 bits per heavy atom. The van der Waals surface area contributed by atoms with E-state index in [1.54, 1.807) is 6.20 Å². The monoisotopic (exact) mass is 344 g/mol. The van der Waals surface area contributed by atoms with E-state index in [0.717, 1.165) is 11.4 Å². The van der Waals surface area contributed by atoms with E-state index in [9.17, 15) is 0 Å². The van der Waals surface area contributed by atoms with Gasteiger partial charge in [-0.05, 0) is 29.4 Å². The van der Waals surface area contributed by atoms with Crippen LogP contribution in [0, 0.1) is 0 Å². The minimum absolute atomic E-state index is 0.236. The van der Waals surface area contributed by atoms with Gasteiger partial charge in [0.15, 0.2) is 0 Å². The normalized spacial score (nSPS) is 15.6. The van der Waals surface area contributed by atoms with Crippen LogP contribution in [0.1, 0.15) is 6.92 Å². The van der Waals surface area contributed by atoms with Crippen LogP contribution in [-0.4, -0.2) is 15.7 Å². The zero-order valence-corrected chi connectivity index (χ0v) is 14.3. The first-order chi connectivity index (χ1) is 12.8. The lowest BCUT2D eigenvalue weighted by molar-refractivity contribution is -0.526. The molecule has 0 saturated heterocycles. The first-order valence-electron chi connectivity index (χ1n) is 8.41. The number of hydrogen-bond acceptors (Lipinski definition) is 4.